The summed E-state index contributed by atoms with van der Waals surface area (Å²) in [6.07, 6.45) is 0. The first-order valence-corrected chi connectivity index (χ1v) is 10.4. The van der Waals surface area contributed by atoms with Gasteiger partial charge < -0.3 is 14.8 Å². The van der Waals surface area contributed by atoms with Gasteiger partial charge in [-0.2, -0.15) is 0 Å². The molecule has 0 fully saturated rings. The molecular weight excluding hydrogens is 405 g/mol. The van der Waals surface area contributed by atoms with Crippen LogP contribution in [-0.4, -0.2) is 6.61 Å². The summed E-state index contributed by atoms with van der Waals surface area (Å²) in [6, 6.07) is 22.0. The summed E-state index contributed by atoms with van der Waals surface area (Å²) in [5.74, 6) is 1.38. The molecule has 0 bridgehead atoms. The van der Waals surface area contributed by atoms with Gasteiger partial charge >= 0.3 is 0 Å². The summed E-state index contributed by atoms with van der Waals surface area (Å²) in [5, 5.41) is 4.72. The van der Waals surface area contributed by atoms with Crippen LogP contribution in [0.5, 0.6) is 11.5 Å². The Morgan fingerprint density at radius 3 is 2.28 bits per heavy atom. The van der Waals surface area contributed by atoms with Gasteiger partial charge in [-0.25, -0.2) is 0 Å². The molecule has 0 aromatic heterocycles. The van der Waals surface area contributed by atoms with Crippen molar-refractivity contribution in [2.75, 3.05) is 6.61 Å². The Balaban J connectivity index is 1.68. The predicted molar refractivity (Wildman–Crippen MR) is 120 cm³/mol. The molecule has 1 atom stereocenters. The minimum Gasteiger partial charge on any atom is -0.490 e. The van der Waals surface area contributed by atoms with Gasteiger partial charge in [-0.15, -0.1) is 0 Å². The van der Waals surface area contributed by atoms with E-state index in [-0.39, 0.29) is 12.6 Å². The fourth-order valence-corrected chi connectivity index (χ4v) is 3.51. The Morgan fingerprint density at radius 1 is 0.862 bits per heavy atom. The number of ether oxygens (including phenoxy) is 2. The number of halogens is 2. The molecule has 0 aliphatic rings. The van der Waals surface area contributed by atoms with E-state index in [1.807, 2.05) is 37.3 Å². The van der Waals surface area contributed by atoms with Gasteiger partial charge in [0.15, 0.2) is 11.5 Å². The average molecular weight is 430 g/mol. The van der Waals surface area contributed by atoms with Gasteiger partial charge in [0, 0.05) is 28.2 Å². The van der Waals surface area contributed by atoms with Crippen LogP contribution in [0.1, 0.15) is 36.6 Å². The van der Waals surface area contributed by atoms with Crippen molar-refractivity contribution in [1.29, 1.82) is 0 Å². The molecule has 0 aliphatic heterocycles. The van der Waals surface area contributed by atoms with Crippen LogP contribution in [0, 0.1) is 0 Å². The molecule has 3 rings (SSSR count). The Labute approximate surface area is 182 Å². The van der Waals surface area contributed by atoms with E-state index in [1.54, 1.807) is 12.1 Å². The Bertz CT molecular complexity index is 911. The lowest BCUT2D eigenvalue weighted by Gasteiger charge is -2.17. The third kappa shape index (κ3) is 5.89. The zero-order valence-corrected chi connectivity index (χ0v) is 18.1. The molecule has 1 unspecified atom stereocenters. The van der Waals surface area contributed by atoms with E-state index in [0.717, 1.165) is 17.7 Å². The third-order valence-electron chi connectivity index (χ3n) is 4.65. The smallest absolute Gasteiger partial charge is 0.161 e. The van der Waals surface area contributed by atoms with Gasteiger partial charge in [0.05, 0.1) is 6.61 Å². The first-order valence-electron chi connectivity index (χ1n) is 9.68. The highest BCUT2D eigenvalue weighted by Gasteiger charge is 2.11. The van der Waals surface area contributed by atoms with Crippen molar-refractivity contribution in [2.24, 2.45) is 0 Å². The molecule has 0 aliphatic carbocycles. The molecule has 0 saturated carbocycles. The Kier molecular flexibility index (Phi) is 7.82. The summed E-state index contributed by atoms with van der Waals surface area (Å²) in [4.78, 5) is 0. The Morgan fingerprint density at radius 2 is 1.59 bits per heavy atom. The fraction of sp³-hybridized carbons (Fsp3) is 0.250. The second-order valence-electron chi connectivity index (χ2n) is 6.72. The molecule has 3 nitrogen and oxygen atoms in total. The van der Waals surface area contributed by atoms with E-state index in [4.69, 9.17) is 32.7 Å². The van der Waals surface area contributed by atoms with E-state index in [9.17, 15) is 0 Å². The van der Waals surface area contributed by atoms with Crippen LogP contribution in [-0.2, 0) is 13.2 Å². The second-order valence-corrected chi connectivity index (χ2v) is 7.53. The standard InChI is InChI=1S/C24H25Cl2NO2/c1-3-28-24-14-18(15-27-17(2)19-8-5-4-6-9-19)12-13-23(24)29-16-20-21(25)10-7-11-22(20)26/h4-14,17,27H,3,15-16H2,1-2H3. The molecule has 3 aromatic carbocycles. The lowest BCUT2D eigenvalue weighted by Crippen LogP contribution is -2.18. The quantitative estimate of drug-likeness (QED) is 0.404. The zero-order chi connectivity index (χ0) is 20.6. The normalized spacial score (nSPS) is 11.9. The molecule has 0 saturated heterocycles. The monoisotopic (exact) mass is 429 g/mol. The lowest BCUT2D eigenvalue weighted by atomic mass is 10.1. The van der Waals surface area contributed by atoms with E-state index >= 15 is 0 Å². The molecule has 1 N–H and O–H groups in total. The number of rotatable bonds is 9. The highest BCUT2D eigenvalue weighted by Crippen LogP contribution is 2.32. The molecule has 0 amide bonds. The highest BCUT2D eigenvalue weighted by molar-refractivity contribution is 6.35. The SMILES string of the molecule is CCOc1cc(CNC(C)c2ccccc2)ccc1OCc1c(Cl)cccc1Cl. The van der Waals surface area contributed by atoms with Gasteiger partial charge in [-0.1, -0.05) is 65.7 Å². The van der Waals surface area contributed by atoms with Gasteiger partial charge in [0.2, 0.25) is 0 Å². The number of nitrogens with one attached hydrogen (secondary N) is 1. The van der Waals surface area contributed by atoms with Crippen molar-refractivity contribution < 1.29 is 9.47 Å². The summed E-state index contributed by atoms with van der Waals surface area (Å²) in [7, 11) is 0. The maximum Gasteiger partial charge on any atom is 0.161 e. The number of hydrogen-bond donors (Lipinski definition) is 1. The highest BCUT2D eigenvalue weighted by atomic mass is 35.5. The molecule has 0 heterocycles. The lowest BCUT2D eigenvalue weighted by molar-refractivity contribution is 0.269. The van der Waals surface area contributed by atoms with Crippen LogP contribution in [0.25, 0.3) is 0 Å². The van der Waals surface area contributed by atoms with Crippen molar-refractivity contribution in [2.45, 2.75) is 33.0 Å². The molecule has 152 valence electrons. The summed E-state index contributed by atoms with van der Waals surface area (Å²) in [5.41, 5.74) is 3.15. The topological polar surface area (TPSA) is 30.5 Å². The predicted octanol–water partition coefficient (Wildman–Crippen LogP) is 6.82. The maximum atomic E-state index is 6.24. The Hall–Kier alpha value is -2.20. The van der Waals surface area contributed by atoms with Crippen LogP contribution in [0.4, 0.5) is 0 Å². The van der Waals surface area contributed by atoms with Crippen molar-refractivity contribution in [1.82, 2.24) is 5.32 Å². The summed E-state index contributed by atoms with van der Waals surface area (Å²) in [6.45, 7) is 5.68. The van der Waals surface area contributed by atoms with Crippen LogP contribution in [0.15, 0.2) is 66.7 Å². The van der Waals surface area contributed by atoms with E-state index in [2.05, 4.69) is 36.5 Å². The van der Waals surface area contributed by atoms with Crippen LogP contribution in [0.3, 0.4) is 0 Å². The molecule has 0 radical (unpaired) electrons. The summed E-state index contributed by atoms with van der Waals surface area (Å²) >= 11 is 12.5. The maximum absolute atomic E-state index is 6.24. The van der Waals surface area contributed by atoms with Gasteiger partial charge in [0.1, 0.15) is 6.61 Å². The molecular formula is C24H25Cl2NO2. The van der Waals surface area contributed by atoms with Gasteiger partial charge in [-0.3, -0.25) is 0 Å². The molecule has 29 heavy (non-hydrogen) atoms. The molecule has 3 aromatic rings. The average Bonchev–Trinajstić information content (AvgIpc) is 2.73. The first kappa shape index (κ1) is 21.5. The molecule has 5 heteroatoms. The summed E-state index contributed by atoms with van der Waals surface area (Å²) < 4.78 is 11.8. The number of hydrogen-bond acceptors (Lipinski definition) is 3. The second kappa shape index (κ2) is 10.5. The van der Waals surface area contributed by atoms with E-state index in [1.165, 1.54) is 5.56 Å². The minimum absolute atomic E-state index is 0.255. The van der Waals surface area contributed by atoms with Gasteiger partial charge in [-0.05, 0) is 49.2 Å². The van der Waals surface area contributed by atoms with Gasteiger partial charge in [0.25, 0.3) is 0 Å². The fourth-order valence-electron chi connectivity index (χ4n) is 3.00. The van der Waals surface area contributed by atoms with Crippen LogP contribution in [0.2, 0.25) is 10.0 Å². The van der Waals surface area contributed by atoms with Crippen LogP contribution >= 0.6 is 23.2 Å². The van der Waals surface area contributed by atoms with Crippen molar-refractivity contribution in [3.63, 3.8) is 0 Å². The van der Waals surface area contributed by atoms with E-state index in [0.29, 0.717) is 28.2 Å². The largest absolute Gasteiger partial charge is 0.490 e. The van der Waals surface area contributed by atoms with Crippen molar-refractivity contribution >= 4 is 23.2 Å². The molecule has 0 spiro atoms. The third-order valence-corrected chi connectivity index (χ3v) is 5.36. The number of benzene rings is 3. The van der Waals surface area contributed by atoms with Crippen molar-refractivity contribution in [3.8, 4) is 11.5 Å². The zero-order valence-electron chi connectivity index (χ0n) is 16.6. The minimum atomic E-state index is 0.255. The van der Waals surface area contributed by atoms with Crippen molar-refractivity contribution in [3.05, 3.63) is 93.5 Å². The van der Waals surface area contributed by atoms with Crippen LogP contribution < -0.4 is 14.8 Å². The van der Waals surface area contributed by atoms with E-state index < -0.39 is 0 Å². The first-order chi connectivity index (χ1) is 14.1.